The molecule has 0 saturated carbocycles. The first kappa shape index (κ1) is 22.7. The predicted molar refractivity (Wildman–Crippen MR) is 91.1 cm³/mol. The molecule has 11 nitrogen and oxygen atoms in total. The number of H-pyrrole nitrogens is 1. The third-order valence-electron chi connectivity index (χ3n) is 3.32. The summed E-state index contributed by atoms with van der Waals surface area (Å²) in [4.78, 5) is 24.9. The molecule has 0 bridgehead atoms. The zero-order valence-corrected chi connectivity index (χ0v) is 15.5. The van der Waals surface area contributed by atoms with Gasteiger partial charge < -0.3 is 29.1 Å². The van der Waals surface area contributed by atoms with Crippen molar-refractivity contribution in [3.05, 3.63) is 33.1 Å². The molecule has 12 heteroatoms. The lowest BCUT2D eigenvalue weighted by molar-refractivity contribution is -0.134. The normalized spacial score (nSPS) is 15.6. The molecule has 0 amide bonds. The third kappa shape index (κ3) is 6.44. The van der Waals surface area contributed by atoms with Gasteiger partial charge in [-0.25, -0.2) is 4.79 Å². The second-order valence-corrected chi connectivity index (χ2v) is 7.31. The number of aromatic amines is 1. The summed E-state index contributed by atoms with van der Waals surface area (Å²) < 4.78 is 28.9. The molecule has 1 rings (SSSR count). The maximum Gasteiger partial charge on any atom is 0.333 e. The molecule has 0 radical (unpaired) electrons. The molecule has 4 N–H and O–H groups in total. The molecule has 3 atom stereocenters. The van der Waals surface area contributed by atoms with Crippen molar-refractivity contribution in [3.8, 4) is 0 Å². The van der Waals surface area contributed by atoms with Crippen LogP contribution in [0.15, 0.2) is 21.9 Å². The molecule has 0 spiro atoms. The standard InChI is InChI=1S/C14H25N2O9P/c1-3-23-26(22,24-4-2)9-10(19)11(7-17)25-13(8-18)16-6-5-12(20)15-14(16)21/h5-6,10-11,13,17-19H,3-4,7-9H2,1-2H3,(H,15,20,21)/t10-,11+,13-/m1/s1. The molecule has 1 aromatic rings. The molecule has 0 aliphatic heterocycles. The molecular weight excluding hydrogens is 371 g/mol. The minimum absolute atomic E-state index is 0.0979. The summed E-state index contributed by atoms with van der Waals surface area (Å²) in [6.45, 7) is 2.06. The van der Waals surface area contributed by atoms with Gasteiger partial charge >= 0.3 is 13.3 Å². The Hall–Kier alpha value is -1.33. The van der Waals surface area contributed by atoms with Gasteiger partial charge in [0.1, 0.15) is 6.10 Å². The van der Waals surface area contributed by atoms with Crippen LogP contribution in [0.25, 0.3) is 0 Å². The van der Waals surface area contributed by atoms with Crippen molar-refractivity contribution in [2.75, 3.05) is 32.6 Å². The van der Waals surface area contributed by atoms with E-state index >= 15 is 0 Å². The number of rotatable bonds is 12. The van der Waals surface area contributed by atoms with Crippen molar-refractivity contribution in [1.82, 2.24) is 9.55 Å². The summed E-state index contributed by atoms with van der Waals surface area (Å²) in [7, 11) is -3.60. The Balaban J connectivity index is 2.93. The predicted octanol–water partition coefficient (Wildman–Crippen LogP) is -0.968. The van der Waals surface area contributed by atoms with Gasteiger partial charge in [0.05, 0.1) is 38.7 Å². The van der Waals surface area contributed by atoms with Crippen molar-refractivity contribution in [2.45, 2.75) is 32.3 Å². The molecule has 1 heterocycles. The largest absolute Gasteiger partial charge is 0.394 e. The topological polar surface area (TPSA) is 160 Å². The quantitative estimate of drug-likeness (QED) is 0.326. The number of aliphatic hydroxyl groups is 3. The van der Waals surface area contributed by atoms with Gasteiger partial charge in [0.15, 0.2) is 6.23 Å². The Morgan fingerprint density at radius 1 is 1.19 bits per heavy atom. The number of hydrogen-bond acceptors (Lipinski definition) is 9. The molecule has 0 aliphatic carbocycles. The third-order valence-corrected chi connectivity index (χ3v) is 5.45. The highest BCUT2D eigenvalue weighted by Gasteiger charge is 2.33. The second-order valence-electron chi connectivity index (χ2n) is 5.21. The summed E-state index contributed by atoms with van der Waals surface area (Å²) in [6.07, 6.45) is -3.38. The Bertz CT molecular complexity index is 694. The summed E-state index contributed by atoms with van der Waals surface area (Å²) in [5.41, 5.74) is -1.46. The van der Waals surface area contributed by atoms with E-state index in [1.807, 2.05) is 4.98 Å². The number of ether oxygens (including phenoxy) is 1. The van der Waals surface area contributed by atoms with E-state index in [-0.39, 0.29) is 13.2 Å². The summed E-state index contributed by atoms with van der Waals surface area (Å²) in [6, 6.07) is 1.05. The van der Waals surface area contributed by atoms with E-state index in [0.29, 0.717) is 0 Å². The maximum absolute atomic E-state index is 12.5. The van der Waals surface area contributed by atoms with Gasteiger partial charge in [-0.05, 0) is 13.8 Å². The first-order chi connectivity index (χ1) is 12.3. The van der Waals surface area contributed by atoms with E-state index in [1.54, 1.807) is 13.8 Å². The highest BCUT2D eigenvalue weighted by atomic mass is 31.2. The van der Waals surface area contributed by atoms with Crippen LogP contribution in [0.5, 0.6) is 0 Å². The highest BCUT2D eigenvalue weighted by molar-refractivity contribution is 7.53. The fourth-order valence-corrected chi connectivity index (χ4v) is 3.96. The van der Waals surface area contributed by atoms with Gasteiger partial charge in [-0.15, -0.1) is 0 Å². The lowest BCUT2D eigenvalue weighted by Gasteiger charge is -2.28. The van der Waals surface area contributed by atoms with Crippen LogP contribution >= 0.6 is 7.60 Å². The zero-order chi connectivity index (χ0) is 19.7. The number of aliphatic hydroxyl groups excluding tert-OH is 3. The zero-order valence-electron chi connectivity index (χ0n) is 14.6. The lowest BCUT2D eigenvalue weighted by atomic mass is 10.2. The monoisotopic (exact) mass is 396 g/mol. The van der Waals surface area contributed by atoms with Gasteiger partial charge in [-0.1, -0.05) is 0 Å². The number of aromatic nitrogens is 2. The SMILES string of the molecule is CCOP(=O)(C[C@@H](O)[C@H](CO)O[C@H](CO)n1ccc(=O)[nH]c1=O)OCC. The average molecular weight is 396 g/mol. The average Bonchev–Trinajstić information content (AvgIpc) is 2.57. The van der Waals surface area contributed by atoms with Crippen LogP contribution in [0, 0.1) is 0 Å². The van der Waals surface area contributed by atoms with Crippen molar-refractivity contribution in [2.24, 2.45) is 0 Å². The Labute approximate surface area is 149 Å². The Morgan fingerprint density at radius 3 is 2.27 bits per heavy atom. The van der Waals surface area contributed by atoms with Crippen LogP contribution in [0.1, 0.15) is 20.1 Å². The van der Waals surface area contributed by atoms with Gasteiger partial charge in [-0.2, -0.15) is 0 Å². The van der Waals surface area contributed by atoms with Crippen LogP contribution in [0.3, 0.4) is 0 Å². The van der Waals surface area contributed by atoms with Crippen molar-refractivity contribution in [3.63, 3.8) is 0 Å². The summed E-state index contributed by atoms with van der Waals surface area (Å²) >= 11 is 0. The molecule has 0 unspecified atom stereocenters. The first-order valence-corrected chi connectivity index (χ1v) is 9.77. The summed E-state index contributed by atoms with van der Waals surface area (Å²) in [5.74, 6) is 0. The molecule has 0 fully saturated rings. The second kappa shape index (κ2) is 10.7. The Morgan fingerprint density at radius 2 is 1.81 bits per heavy atom. The number of nitrogens with zero attached hydrogens (tertiary/aromatic N) is 1. The van der Waals surface area contributed by atoms with Gasteiger partial charge in [0.2, 0.25) is 0 Å². The lowest BCUT2D eigenvalue weighted by Crippen LogP contribution is -2.41. The van der Waals surface area contributed by atoms with Crippen LogP contribution < -0.4 is 11.2 Å². The maximum atomic E-state index is 12.5. The number of nitrogens with one attached hydrogen (secondary N) is 1. The highest BCUT2D eigenvalue weighted by Crippen LogP contribution is 2.48. The van der Waals surface area contributed by atoms with Gasteiger partial charge in [-0.3, -0.25) is 18.9 Å². The van der Waals surface area contributed by atoms with Crippen LogP contribution in [-0.2, 0) is 18.3 Å². The van der Waals surface area contributed by atoms with E-state index in [2.05, 4.69) is 0 Å². The molecular formula is C14H25N2O9P. The molecule has 0 aromatic carbocycles. The van der Waals surface area contributed by atoms with Gasteiger partial charge in [0.25, 0.3) is 5.56 Å². The van der Waals surface area contributed by atoms with E-state index < -0.39 is 56.7 Å². The summed E-state index contributed by atoms with van der Waals surface area (Å²) in [5, 5.41) is 29.2. The van der Waals surface area contributed by atoms with Crippen molar-refractivity contribution < 1.29 is 33.7 Å². The Kier molecular flexibility index (Phi) is 9.37. The van der Waals surface area contributed by atoms with Crippen LogP contribution in [0.2, 0.25) is 0 Å². The minimum atomic E-state index is -3.60. The van der Waals surface area contributed by atoms with Crippen LogP contribution in [0.4, 0.5) is 0 Å². The van der Waals surface area contributed by atoms with E-state index in [0.717, 1.165) is 16.8 Å². The van der Waals surface area contributed by atoms with Gasteiger partial charge in [0, 0.05) is 12.3 Å². The fraction of sp³-hybridized carbons (Fsp3) is 0.714. The van der Waals surface area contributed by atoms with E-state index in [4.69, 9.17) is 13.8 Å². The molecule has 150 valence electrons. The number of hydrogen-bond donors (Lipinski definition) is 4. The smallest absolute Gasteiger partial charge is 0.333 e. The van der Waals surface area contributed by atoms with Crippen molar-refractivity contribution in [1.29, 1.82) is 0 Å². The fourth-order valence-electron chi connectivity index (χ4n) is 2.19. The first-order valence-electron chi connectivity index (χ1n) is 8.05. The molecule has 0 saturated heterocycles. The van der Waals surface area contributed by atoms with E-state index in [1.165, 1.54) is 0 Å². The van der Waals surface area contributed by atoms with Crippen molar-refractivity contribution >= 4 is 7.60 Å². The van der Waals surface area contributed by atoms with E-state index in [9.17, 15) is 29.5 Å². The minimum Gasteiger partial charge on any atom is -0.394 e. The molecule has 1 aromatic heterocycles. The van der Waals surface area contributed by atoms with Crippen LogP contribution in [-0.4, -0.2) is 69.7 Å². The molecule has 26 heavy (non-hydrogen) atoms. The molecule has 0 aliphatic rings.